The van der Waals surface area contributed by atoms with Gasteiger partial charge in [0.1, 0.15) is 6.10 Å². The lowest BCUT2D eigenvalue weighted by molar-refractivity contribution is -0.154. The van der Waals surface area contributed by atoms with Crippen molar-refractivity contribution in [1.29, 1.82) is 0 Å². The Balaban J connectivity index is 5.15. The number of thiol groups is 1. The van der Waals surface area contributed by atoms with E-state index in [1.807, 2.05) is 0 Å². The SMILES string of the molecule is [2H]CCC=CC(=O)N(CCC(=O)NCCS)C(=O)[C@H](O)C(C)(C)CO. The summed E-state index contributed by atoms with van der Waals surface area (Å²) in [6, 6.07) is 0. The second-order valence-corrected chi connectivity index (χ2v) is 6.34. The average Bonchev–Trinajstić information content (AvgIpc) is 2.59. The van der Waals surface area contributed by atoms with Gasteiger partial charge in [0, 0.05) is 32.0 Å². The number of imide groups is 1. The molecule has 0 aromatic carbocycles. The third kappa shape index (κ3) is 7.46. The van der Waals surface area contributed by atoms with Crippen molar-refractivity contribution >= 4 is 30.4 Å². The molecule has 0 radical (unpaired) electrons. The number of carbonyl (C=O) groups excluding carboxylic acids is 3. The van der Waals surface area contributed by atoms with Crippen LogP contribution in [0, 0.1) is 5.41 Å². The maximum absolute atomic E-state index is 12.5. The fraction of sp³-hybridized carbons (Fsp3) is 0.688. The van der Waals surface area contributed by atoms with E-state index in [-0.39, 0.29) is 25.8 Å². The highest BCUT2D eigenvalue weighted by atomic mass is 32.1. The first kappa shape index (κ1) is 20.7. The van der Waals surface area contributed by atoms with Gasteiger partial charge in [-0.05, 0) is 12.5 Å². The molecule has 0 saturated carbocycles. The Morgan fingerprint density at radius 3 is 2.62 bits per heavy atom. The van der Waals surface area contributed by atoms with Gasteiger partial charge in [0.25, 0.3) is 11.8 Å². The predicted molar refractivity (Wildman–Crippen MR) is 94.5 cm³/mol. The molecule has 24 heavy (non-hydrogen) atoms. The highest BCUT2D eigenvalue weighted by molar-refractivity contribution is 7.80. The molecular weight excluding hydrogens is 332 g/mol. The van der Waals surface area contributed by atoms with Gasteiger partial charge in [0.05, 0.1) is 6.61 Å². The Morgan fingerprint density at radius 1 is 1.42 bits per heavy atom. The third-order valence-electron chi connectivity index (χ3n) is 3.34. The number of aliphatic hydroxyl groups is 2. The van der Waals surface area contributed by atoms with Crippen molar-refractivity contribution in [3.8, 4) is 0 Å². The van der Waals surface area contributed by atoms with Crippen molar-refractivity contribution in [1.82, 2.24) is 10.2 Å². The molecule has 0 aliphatic carbocycles. The zero-order chi connectivity index (χ0) is 19.5. The highest BCUT2D eigenvalue weighted by Gasteiger charge is 2.37. The molecule has 0 spiro atoms. The van der Waals surface area contributed by atoms with E-state index < -0.39 is 29.9 Å². The van der Waals surface area contributed by atoms with Crippen LogP contribution in [0.3, 0.4) is 0 Å². The van der Waals surface area contributed by atoms with Crippen molar-refractivity contribution in [2.75, 3.05) is 25.4 Å². The van der Waals surface area contributed by atoms with E-state index in [0.717, 1.165) is 11.0 Å². The Morgan fingerprint density at radius 2 is 2.08 bits per heavy atom. The van der Waals surface area contributed by atoms with Gasteiger partial charge >= 0.3 is 0 Å². The number of amides is 3. The molecule has 0 bridgehead atoms. The van der Waals surface area contributed by atoms with Gasteiger partial charge < -0.3 is 15.5 Å². The number of hydrogen-bond acceptors (Lipinski definition) is 6. The number of aliphatic hydroxyl groups excluding tert-OH is 2. The van der Waals surface area contributed by atoms with E-state index in [1.54, 1.807) is 0 Å². The van der Waals surface area contributed by atoms with Crippen LogP contribution in [0.1, 0.15) is 35.0 Å². The quantitative estimate of drug-likeness (QED) is 0.327. The molecule has 0 saturated heterocycles. The largest absolute Gasteiger partial charge is 0.396 e. The van der Waals surface area contributed by atoms with Crippen LogP contribution in [-0.4, -0.2) is 64.4 Å². The van der Waals surface area contributed by atoms with Gasteiger partial charge in [0.15, 0.2) is 0 Å². The Kier molecular flexibility index (Phi) is 9.66. The standard InChI is InChI=1S/C16H28N2O5S/c1-4-5-6-13(21)18(9-7-12(20)17-8-10-24)15(23)14(22)16(2,3)11-19/h5-6,14,19,22,24H,4,7-11H2,1-3H3,(H,17,20)/t14-/m0/s1/i1D. The number of hydrogen-bond donors (Lipinski definition) is 4. The Hall–Kier alpha value is -1.38. The minimum absolute atomic E-state index is 0.101. The molecule has 3 N–H and O–H groups in total. The Bertz CT molecular complexity index is 485. The molecule has 7 nitrogen and oxygen atoms in total. The van der Waals surface area contributed by atoms with Crippen LogP contribution in [0.4, 0.5) is 0 Å². The summed E-state index contributed by atoms with van der Waals surface area (Å²) in [7, 11) is 0. The lowest BCUT2D eigenvalue weighted by atomic mass is 9.86. The fourth-order valence-corrected chi connectivity index (χ4v) is 1.78. The zero-order valence-corrected chi connectivity index (χ0v) is 15.1. The molecule has 0 aliphatic heterocycles. The molecule has 0 aromatic heterocycles. The van der Waals surface area contributed by atoms with Gasteiger partial charge in [-0.1, -0.05) is 26.8 Å². The van der Waals surface area contributed by atoms with Crippen LogP contribution >= 0.6 is 12.6 Å². The van der Waals surface area contributed by atoms with Crippen LogP contribution in [0.25, 0.3) is 0 Å². The molecule has 1 atom stereocenters. The normalized spacial score (nSPS) is 13.5. The van der Waals surface area contributed by atoms with Gasteiger partial charge in [0.2, 0.25) is 5.91 Å². The molecule has 0 heterocycles. The van der Waals surface area contributed by atoms with Gasteiger partial charge in [-0.2, -0.15) is 12.6 Å². The van der Waals surface area contributed by atoms with Crippen LogP contribution in [0.2, 0.25) is 0 Å². The predicted octanol–water partition coefficient (Wildman–Crippen LogP) is 0.123. The number of nitrogens with zero attached hydrogens (tertiary/aromatic N) is 1. The number of carbonyl (C=O) groups is 3. The summed E-state index contributed by atoms with van der Waals surface area (Å²) in [5.74, 6) is -1.42. The molecule has 138 valence electrons. The van der Waals surface area contributed by atoms with Crippen LogP contribution in [0.5, 0.6) is 0 Å². The van der Waals surface area contributed by atoms with E-state index >= 15 is 0 Å². The van der Waals surface area contributed by atoms with Crippen molar-refractivity contribution < 1.29 is 26.0 Å². The molecule has 0 unspecified atom stereocenters. The molecule has 3 amide bonds. The van der Waals surface area contributed by atoms with E-state index in [9.17, 15) is 24.6 Å². The van der Waals surface area contributed by atoms with Crippen LogP contribution < -0.4 is 5.32 Å². The topological polar surface area (TPSA) is 107 Å². The van der Waals surface area contributed by atoms with Crippen molar-refractivity contribution in [3.63, 3.8) is 0 Å². The summed E-state index contributed by atoms with van der Waals surface area (Å²) < 4.78 is 7.05. The summed E-state index contributed by atoms with van der Waals surface area (Å²) in [5, 5.41) is 22.1. The smallest absolute Gasteiger partial charge is 0.258 e. The lowest BCUT2D eigenvalue weighted by Gasteiger charge is -2.31. The van der Waals surface area contributed by atoms with E-state index in [1.165, 1.54) is 19.9 Å². The second-order valence-electron chi connectivity index (χ2n) is 5.89. The van der Waals surface area contributed by atoms with Crippen LogP contribution in [0.15, 0.2) is 12.2 Å². The summed E-state index contributed by atoms with van der Waals surface area (Å²) in [4.78, 5) is 37.2. The zero-order valence-electron chi connectivity index (χ0n) is 15.2. The van der Waals surface area contributed by atoms with E-state index in [4.69, 9.17) is 1.37 Å². The number of nitrogens with one attached hydrogen (secondary N) is 1. The average molecular weight is 361 g/mol. The van der Waals surface area contributed by atoms with Gasteiger partial charge in [-0.15, -0.1) is 0 Å². The van der Waals surface area contributed by atoms with E-state index in [0.29, 0.717) is 18.7 Å². The minimum atomic E-state index is -1.59. The van der Waals surface area contributed by atoms with E-state index in [2.05, 4.69) is 17.9 Å². The summed E-state index contributed by atoms with van der Waals surface area (Å²) in [6.45, 7) is 2.82. The van der Waals surface area contributed by atoms with Crippen molar-refractivity contribution in [2.24, 2.45) is 5.41 Å². The molecule has 0 fully saturated rings. The number of rotatable bonds is 10. The molecule has 0 rings (SSSR count). The highest BCUT2D eigenvalue weighted by Crippen LogP contribution is 2.21. The molecule has 0 aliphatic rings. The molecular formula is C16H28N2O5S. The minimum Gasteiger partial charge on any atom is -0.396 e. The first-order valence-corrected chi connectivity index (χ1v) is 8.32. The summed E-state index contributed by atoms with van der Waals surface area (Å²) in [5.41, 5.74) is -1.13. The molecule has 8 heteroatoms. The van der Waals surface area contributed by atoms with Gasteiger partial charge in [-0.25, -0.2) is 0 Å². The van der Waals surface area contributed by atoms with Crippen molar-refractivity contribution in [3.05, 3.63) is 12.2 Å². The summed E-state index contributed by atoms with van der Waals surface area (Å²) in [6.07, 6.45) is 1.26. The maximum Gasteiger partial charge on any atom is 0.258 e. The first-order valence-electron chi connectivity index (χ1n) is 8.39. The Labute approximate surface area is 149 Å². The van der Waals surface area contributed by atoms with Crippen LogP contribution in [-0.2, 0) is 14.4 Å². The first-order chi connectivity index (χ1) is 11.7. The third-order valence-corrected chi connectivity index (χ3v) is 3.56. The monoisotopic (exact) mass is 361 g/mol. The fourth-order valence-electron chi connectivity index (χ4n) is 1.67. The second kappa shape index (κ2) is 11.2. The number of allylic oxidation sites excluding steroid dienone is 1. The summed E-state index contributed by atoms with van der Waals surface area (Å²) >= 11 is 3.97. The lowest BCUT2D eigenvalue weighted by Crippen LogP contribution is -2.50. The molecule has 0 aromatic rings. The van der Waals surface area contributed by atoms with Crippen molar-refractivity contribution in [2.45, 2.75) is 39.7 Å². The van der Waals surface area contributed by atoms with Gasteiger partial charge in [-0.3, -0.25) is 19.3 Å². The maximum atomic E-state index is 12.5.